The summed E-state index contributed by atoms with van der Waals surface area (Å²) in [5.41, 5.74) is 3.22. The van der Waals surface area contributed by atoms with Crippen molar-refractivity contribution in [2.45, 2.75) is 12.8 Å². The zero-order chi connectivity index (χ0) is 15.9. The number of carboxylic acid groups (broad SMARTS) is 1. The number of nitrogens with zero attached hydrogens (tertiary/aromatic N) is 1. The highest BCUT2D eigenvalue weighted by Gasteiger charge is 2.21. The van der Waals surface area contributed by atoms with Crippen LogP contribution in [0, 0.1) is 5.82 Å². The Balaban J connectivity index is 1.88. The Hall–Kier alpha value is -1.91. The van der Waals surface area contributed by atoms with Crippen molar-refractivity contribution in [1.82, 2.24) is 4.98 Å². The van der Waals surface area contributed by atoms with E-state index in [9.17, 15) is 14.3 Å². The van der Waals surface area contributed by atoms with Crippen LogP contribution in [0.4, 0.5) is 4.39 Å². The zero-order valence-corrected chi connectivity index (χ0v) is 12.7. The SMILES string of the molecule is O=C(O)c1ccnc2c1CC(Cc1cc(F)c(Cl)c(Cl)c1)=C2. The van der Waals surface area contributed by atoms with Gasteiger partial charge in [0, 0.05) is 6.20 Å². The molecule has 0 atom stereocenters. The predicted molar refractivity (Wildman–Crippen MR) is 83.0 cm³/mol. The molecule has 0 unspecified atom stereocenters. The monoisotopic (exact) mass is 337 g/mol. The summed E-state index contributed by atoms with van der Waals surface area (Å²) in [5, 5.41) is 9.27. The lowest BCUT2D eigenvalue weighted by Crippen LogP contribution is -2.04. The summed E-state index contributed by atoms with van der Waals surface area (Å²) >= 11 is 11.6. The molecule has 1 aromatic carbocycles. The van der Waals surface area contributed by atoms with E-state index in [1.165, 1.54) is 18.3 Å². The van der Waals surface area contributed by atoms with Crippen molar-refractivity contribution in [1.29, 1.82) is 0 Å². The quantitative estimate of drug-likeness (QED) is 0.844. The Morgan fingerprint density at radius 1 is 1.36 bits per heavy atom. The minimum atomic E-state index is -0.978. The number of pyridine rings is 1. The van der Waals surface area contributed by atoms with E-state index in [-0.39, 0.29) is 15.6 Å². The predicted octanol–water partition coefficient (Wildman–Crippen LogP) is 4.41. The molecular formula is C16H10Cl2FNO2. The zero-order valence-electron chi connectivity index (χ0n) is 11.2. The second kappa shape index (κ2) is 5.71. The third kappa shape index (κ3) is 2.72. The molecule has 0 radical (unpaired) electrons. The van der Waals surface area contributed by atoms with Crippen LogP contribution in [-0.4, -0.2) is 16.1 Å². The molecular weight excluding hydrogens is 328 g/mol. The molecule has 22 heavy (non-hydrogen) atoms. The van der Waals surface area contributed by atoms with Gasteiger partial charge in [0.15, 0.2) is 0 Å². The first kappa shape index (κ1) is 15.0. The van der Waals surface area contributed by atoms with E-state index >= 15 is 0 Å². The average Bonchev–Trinajstić information content (AvgIpc) is 2.86. The van der Waals surface area contributed by atoms with Gasteiger partial charge >= 0.3 is 5.97 Å². The van der Waals surface area contributed by atoms with Crippen LogP contribution in [0.15, 0.2) is 30.0 Å². The molecule has 0 spiro atoms. The third-order valence-electron chi connectivity index (χ3n) is 3.54. The van der Waals surface area contributed by atoms with Crippen LogP contribution in [0.5, 0.6) is 0 Å². The number of allylic oxidation sites excluding steroid dienone is 1. The Morgan fingerprint density at radius 2 is 2.14 bits per heavy atom. The van der Waals surface area contributed by atoms with E-state index in [0.717, 1.165) is 5.57 Å². The lowest BCUT2D eigenvalue weighted by molar-refractivity contribution is 0.0695. The first-order valence-corrected chi connectivity index (χ1v) is 7.25. The molecule has 2 aromatic rings. The van der Waals surface area contributed by atoms with Gasteiger partial charge in [-0.15, -0.1) is 0 Å². The van der Waals surface area contributed by atoms with Gasteiger partial charge in [-0.05, 0) is 48.2 Å². The van der Waals surface area contributed by atoms with Gasteiger partial charge in [0.25, 0.3) is 0 Å². The number of hydrogen-bond acceptors (Lipinski definition) is 2. The molecule has 0 aliphatic heterocycles. The topological polar surface area (TPSA) is 50.2 Å². The van der Waals surface area contributed by atoms with Gasteiger partial charge in [0.05, 0.1) is 21.3 Å². The van der Waals surface area contributed by atoms with Gasteiger partial charge in [-0.1, -0.05) is 28.8 Å². The molecule has 6 heteroatoms. The molecule has 1 aliphatic carbocycles. The highest BCUT2D eigenvalue weighted by molar-refractivity contribution is 6.42. The van der Waals surface area contributed by atoms with Crippen LogP contribution in [0.25, 0.3) is 6.08 Å². The molecule has 1 heterocycles. The summed E-state index contributed by atoms with van der Waals surface area (Å²) < 4.78 is 13.6. The lowest BCUT2D eigenvalue weighted by atomic mass is 10.0. The highest BCUT2D eigenvalue weighted by Crippen LogP contribution is 2.31. The van der Waals surface area contributed by atoms with Crippen molar-refractivity contribution in [3.8, 4) is 0 Å². The first-order valence-electron chi connectivity index (χ1n) is 6.49. The van der Waals surface area contributed by atoms with Crippen LogP contribution in [0.2, 0.25) is 10.0 Å². The van der Waals surface area contributed by atoms with Gasteiger partial charge in [-0.2, -0.15) is 0 Å². The van der Waals surface area contributed by atoms with E-state index in [1.54, 1.807) is 6.07 Å². The summed E-state index contributed by atoms with van der Waals surface area (Å²) in [6.07, 6.45) is 4.25. The first-order chi connectivity index (χ1) is 10.5. The Bertz CT molecular complexity index is 795. The van der Waals surface area contributed by atoms with E-state index < -0.39 is 11.8 Å². The number of halogens is 3. The van der Waals surface area contributed by atoms with Crippen molar-refractivity contribution >= 4 is 35.2 Å². The summed E-state index contributed by atoms with van der Waals surface area (Å²) in [5.74, 6) is -1.54. The van der Waals surface area contributed by atoms with Crippen molar-refractivity contribution in [2.24, 2.45) is 0 Å². The number of hydrogen-bond donors (Lipinski definition) is 1. The molecule has 0 fully saturated rings. The fourth-order valence-corrected chi connectivity index (χ4v) is 2.92. The largest absolute Gasteiger partial charge is 0.478 e. The van der Waals surface area contributed by atoms with Gasteiger partial charge in [-0.25, -0.2) is 9.18 Å². The molecule has 1 aliphatic rings. The summed E-state index contributed by atoms with van der Waals surface area (Å²) in [6.45, 7) is 0. The second-order valence-electron chi connectivity index (χ2n) is 5.06. The second-order valence-corrected chi connectivity index (χ2v) is 5.84. The molecule has 0 bridgehead atoms. The molecule has 0 amide bonds. The maximum atomic E-state index is 13.6. The average molecular weight is 338 g/mol. The normalized spacial score (nSPS) is 13.0. The molecule has 1 N–H and O–H groups in total. The number of aromatic nitrogens is 1. The Kier molecular flexibility index (Phi) is 3.89. The van der Waals surface area contributed by atoms with Gasteiger partial charge in [-0.3, -0.25) is 4.98 Å². The summed E-state index contributed by atoms with van der Waals surface area (Å²) in [6, 6.07) is 4.43. The van der Waals surface area contributed by atoms with E-state index in [4.69, 9.17) is 23.2 Å². The number of aromatic carboxylic acids is 1. The van der Waals surface area contributed by atoms with Crippen LogP contribution < -0.4 is 0 Å². The van der Waals surface area contributed by atoms with Crippen LogP contribution in [0.1, 0.15) is 27.2 Å². The van der Waals surface area contributed by atoms with Crippen molar-refractivity contribution < 1.29 is 14.3 Å². The number of carboxylic acids is 1. The number of benzene rings is 1. The van der Waals surface area contributed by atoms with E-state index in [1.807, 2.05) is 6.08 Å². The van der Waals surface area contributed by atoms with E-state index in [2.05, 4.69) is 4.98 Å². The maximum Gasteiger partial charge on any atom is 0.336 e. The molecule has 3 rings (SSSR count). The van der Waals surface area contributed by atoms with Gasteiger partial charge < -0.3 is 5.11 Å². The van der Waals surface area contributed by atoms with Crippen molar-refractivity contribution in [2.75, 3.05) is 0 Å². The van der Waals surface area contributed by atoms with E-state index in [0.29, 0.717) is 29.7 Å². The molecule has 0 saturated carbocycles. The summed E-state index contributed by atoms with van der Waals surface area (Å²) in [4.78, 5) is 15.4. The Labute approximate surface area is 136 Å². The number of rotatable bonds is 3. The van der Waals surface area contributed by atoms with Crippen LogP contribution in [0.3, 0.4) is 0 Å². The maximum absolute atomic E-state index is 13.6. The standard InChI is InChI=1S/C16H10Cl2FNO2/c17-12-5-9(6-13(19)15(12)18)3-8-4-11-10(16(21)22)1-2-20-14(11)7-8/h1-2,5-7H,3-4H2,(H,21,22). The Morgan fingerprint density at radius 3 is 2.82 bits per heavy atom. The minimum Gasteiger partial charge on any atom is -0.478 e. The molecule has 3 nitrogen and oxygen atoms in total. The number of fused-ring (bicyclic) bond motifs is 1. The molecule has 112 valence electrons. The smallest absolute Gasteiger partial charge is 0.336 e. The third-order valence-corrected chi connectivity index (χ3v) is 4.32. The van der Waals surface area contributed by atoms with Gasteiger partial charge in [0.2, 0.25) is 0 Å². The summed E-state index contributed by atoms with van der Waals surface area (Å²) in [7, 11) is 0. The molecule has 0 saturated heterocycles. The fourth-order valence-electron chi connectivity index (χ4n) is 2.58. The van der Waals surface area contributed by atoms with Crippen LogP contribution >= 0.6 is 23.2 Å². The number of carbonyl (C=O) groups is 1. The van der Waals surface area contributed by atoms with Gasteiger partial charge in [0.1, 0.15) is 5.82 Å². The molecule has 1 aromatic heterocycles. The van der Waals surface area contributed by atoms with Crippen LogP contribution in [-0.2, 0) is 12.8 Å². The fraction of sp³-hybridized carbons (Fsp3) is 0.125. The minimum absolute atomic E-state index is 0.0936. The van der Waals surface area contributed by atoms with Crippen molar-refractivity contribution in [3.05, 3.63) is 68.2 Å². The lowest BCUT2D eigenvalue weighted by Gasteiger charge is -2.06. The van der Waals surface area contributed by atoms with Crippen molar-refractivity contribution in [3.63, 3.8) is 0 Å². The highest BCUT2D eigenvalue weighted by atomic mass is 35.5.